The van der Waals surface area contributed by atoms with E-state index in [2.05, 4.69) is 6.42 Å². The van der Waals surface area contributed by atoms with Gasteiger partial charge in [-0.3, -0.25) is 4.79 Å². The van der Waals surface area contributed by atoms with Gasteiger partial charge in [0.2, 0.25) is 5.91 Å². The highest BCUT2D eigenvalue weighted by Crippen LogP contribution is 2.38. The van der Waals surface area contributed by atoms with Crippen molar-refractivity contribution in [2.45, 2.75) is 70.9 Å². The summed E-state index contributed by atoms with van der Waals surface area (Å²) in [6.45, 7) is 4.45. The Hall–Kier alpha value is -1.42. The first kappa shape index (κ1) is 23.6. The number of aliphatic hydroxyl groups excluding tert-OH is 1. The van der Waals surface area contributed by atoms with Gasteiger partial charge in [-0.05, 0) is 63.0 Å². The molecule has 1 amide bonds. The molecule has 3 atom stereocenters. The van der Waals surface area contributed by atoms with Crippen LogP contribution in [0, 0.1) is 39.4 Å². The third-order valence-electron chi connectivity index (χ3n) is 5.91. The molecule has 3 nitrogen and oxygen atoms in total. The minimum Gasteiger partial charge on any atom is -0.393 e. The summed E-state index contributed by atoms with van der Waals surface area (Å²) >= 11 is 0. The van der Waals surface area contributed by atoms with Crippen molar-refractivity contribution in [2.24, 2.45) is 5.41 Å². The summed E-state index contributed by atoms with van der Waals surface area (Å²) in [7, 11) is 0. The molecule has 1 saturated carbocycles. The van der Waals surface area contributed by atoms with Crippen LogP contribution in [-0.4, -0.2) is 34.6 Å². The van der Waals surface area contributed by atoms with Crippen LogP contribution in [0.1, 0.15) is 56.6 Å². The SMILES string of the molecule is Cc1cccc(CC2(C)CCN(C3[CH]CCCC(O)CC3)C2=O)c1F.[CH2].[CH2]. The van der Waals surface area contributed by atoms with Crippen molar-refractivity contribution >= 4 is 5.91 Å². The van der Waals surface area contributed by atoms with Crippen molar-refractivity contribution in [1.29, 1.82) is 0 Å². The second-order valence-electron chi connectivity index (χ2n) is 8.00. The average Bonchev–Trinajstić information content (AvgIpc) is 2.85. The largest absolute Gasteiger partial charge is 0.393 e. The number of halogens is 1. The molecule has 0 spiro atoms. The molecule has 1 N–H and O–H groups in total. The summed E-state index contributed by atoms with van der Waals surface area (Å²) in [6, 6.07) is 5.52. The Bertz CT molecular complexity index is 633. The van der Waals surface area contributed by atoms with Gasteiger partial charge in [-0.1, -0.05) is 46.4 Å². The van der Waals surface area contributed by atoms with Crippen LogP contribution in [-0.2, 0) is 11.2 Å². The Morgan fingerprint density at radius 3 is 2.74 bits per heavy atom. The van der Waals surface area contributed by atoms with Crippen LogP contribution in [0.5, 0.6) is 0 Å². The Balaban J connectivity index is 0.00000182. The van der Waals surface area contributed by atoms with E-state index in [9.17, 15) is 14.3 Å². The molecule has 1 aromatic rings. The molecule has 1 aliphatic carbocycles. The summed E-state index contributed by atoms with van der Waals surface area (Å²) < 4.78 is 14.4. The maximum absolute atomic E-state index is 14.4. The fraction of sp³-hybridized carbons (Fsp3) is 0.565. The third kappa shape index (κ3) is 5.10. The van der Waals surface area contributed by atoms with E-state index in [0.29, 0.717) is 17.5 Å². The number of aryl methyl sites for hydroxylation is 1. The van der Waals surface area contributed by atoms with Gasteiger partial charge >= 0.3 is 0 Å². The Kier molecular flexibility index (Phi) is 8.47. The monoisotopic (exact) mass is 374 g/mol. The van der Waals surface area contributed by atoms with Crippen molar-refractivity contribution in [2.75, 3.05) is 6.54 Å². The molecule has 27 heavy (non-hydrogen) atoms. The van der Waals surface area contributed by atoms with Crippen LogP contribution in [0.4, 0.5) is 4.39 Å². The summed E-state index contributed by atoms with van der Waals surface area (Å²) in [5, 5.41) is 9.94. The number of carbonyl (C=O) groups excluding carboxylic acids is 1. The molecule has 5 radical (unpaired) electrons. The number of amides is 1. The molecule has 4 heteroatoms. The molecule has 1 saturated heterocycles. The predicted molar refractivity (Wildman–Crippen MR) is 107 cm³/mol. The quantitative estimate of drug-likeness (QED) is 0.848. The predicted octanol–water partition coefficient (Wildman–Crippen LogP) is 4.47. The summed E-state index contributed by atoms with van der Waals surface area (Å²) in [5.41, 5.74) is 0.726. The van der Waals surface area contributed by atoms with E-state index >= 15 is 0 Å². The van der Waals surface area contributed by atoms with Gasteiger partial charge in [-0.15, -0.1) is 0 Å². The molecule has 1 aliphatic heterocycles. The first-order chi connectivity index (χ1) is 11.9. The zero-order valence-electron chi connectivity index (χ0n) is 16.7. The molecule has 1 aromatic carbocycles. The van der Waals surface area contributed by atoms with Crippen LogP contribution in [0.3, 0.4) is 0 Å². The van der Waals surface area contributed by atoms with Gasteiger partial charge in [0.05, 0.1) is 11.5 Å². The van der Waals surface area contributed by atoms with Crippen molar-refractivity contribution < 1.29 is 14.3 Å². The van der Waals surface area contributed by atoms with E-state index in [1.54, 1.807) is 19.1 Å². The highest BCUT2D eigenvalue weighted by atomic mass is 19.1. The molecule has 3 unspecified atom stereocenters. The van der Waals surface area contributed by atoms with Gasteiger partial charge < -0.3 is 10.0 Å². The molecule has 3 rings (SSSR count). The minimum absolute atomic E-state index is 0. The van der Waals surface area contributed by atoms with E-state index in [-0.39, 0.29) is 38.7 Å². The van der Waals surface area contributed by atoms with E-state index in [1.165, 1.54) is 0 Å². The third-order valence-corrected chi connectivity index (χ3v) is 5.91. The molecule has 2 fully saturated rings. The maximum Gasteiger partial charge on any atom is 0.229 e. The zero-order valence-corrected chi connectivity index (χ0v) is 16.7. The highest BCUT2D eigenvalue weighted by molar-refractivity contribution is 5.85. The normalized spacial score (nSPS) is 28.7. The average molecular weight is 375 g/mol. The zero-order chi connectivity index (χ0) is 18.0. The minimum atomic E-state index is -0.538. The van der Waals surface area contributed by atoms with Crippen LogP contribution >= 0.6 is 0 Å². The smallest absolute Gasteiger partial charge is 0.229 e. The fourth-order valence-corrected chi connectivity index (χ4v) is 4.24. The van der Waals surface area contributed by atoms with Crippen LogP contribution in [0.15, 0.2) is 18.2 Å². The first-order valence-corrected chi connectivity index (χ1v) is 9.47. The summed E-state index contributed by atoms with van der Waals surface area (Å²) in [4.78, 5) is 15.1. The lowest BCUT2D eigenvalue weighted by molar-refractivity contribution is -0.137. The number of rotatable bonds is 3. The lowest BCUT2D eigenvalue weighted by Crippen LogP contribution is -2.42. The number of aliphatic hydroxyl groups is 1. The molecule has 2 aliphatic rings. The van der Waals surface area contributed by atoms with Crippen LogP contribution < -0.4 is 0 Å². The lowest BCUT2D eigenvalue weighted by Gasteiger charge is -2.32. The lowest BCUT2D eigenvalue weighted by atomic mass is 9.81. The van der Waals surface area contributed by atoms with Crippen LogP contribution in [0.25, 0.3) is 0 Å². The van der Waals surface area contributed by atoms with E-state index in [0.717, 1.165) is 45.1 Å². The second kappa shape index (κ2) is 9.68. The number of carbonyl (C=O) groups is 1. The highest BCUT2D eigenvalue weighted by Gasteiger charge is 2.45. The Morgan fingerprint density at radius 2 is 2.00 bits per heavy atom. The van der Waals surface area contributed by atoms with Gasteiger partial charge in [0.25, 0.3) is 0 Å². The molecule has 149 valence electrons. The Morgan fingerprint density at radius 1 is 1.26 bits per heavy atom. The van der Waals surface area contributed by atoms with Gasteiger partial charge in [-0.2, -0.15) is 0 Å². The van der Waals surface area contributed by atoms with Gasteiger partial charge in [0, 0.05) is 12.6 Å². The number of hydrogen-bond acceptors (Lipinski definition) is 2. The van der Waals surface area contributed by atoms with Gasteiger partial charge in [0.15, 0.2) is 0 Å². The standard InChI is InChI=1S/C21H29FNO2.2CH2/c1-15-6-5-7-16(19(15)22)14-21(2)12-13-23(20(21)25)17-8-3-4-9-18(24)11-10-17;;/h5-8,17-18,24H,3-4,9-14H2,1-2H3;2*1H2. The molecular weight excluding hydrogens is 341 g/mol. The van der Waals surface area contributed by atoms with Crippen LogP contribution in [0.2, 0.25) is 0 Å². The topological polar surface area (TPSA) is 40.5 Å². The van der Waals surface area contributed by atoms with Crippen molar-refractivity contribution in [3.8, 4) is 0 Å². The first-order valence-electron chi connectivity index (χ1n) is 9.47. The molecule has 1 heterocycles. The number of likely N-dealkylation sites (tertiary alicyclic amines) is 1. The molecular formula is C23H33FNO2. The second-order valence-corrected chi connectivity index (χ2v) is 8.00. The fourth-order valence-electron chi connectivity index (χ4n) is 4.24. The maximum atomic E-state index is 14.4. The van der Waals surface area contributed by atoms with Crippen molar-refractivity contribution in [3.05, 3.63) is 56.4 Å². The van der Waals surface area contributed by atoms with Crippen molar-refractivity contribution in [1.82, 2.24) is 4.90 Å². The van der Waals surface area contributed by atoms with Gasteiger partial charge in [0.1, 0.15) is 5.82 Å². The number of hydrogen-bond donors (Lipinski definition) is 1. The molecule has 0 bridgehead atoms. The number of nitrogens with zero attached hydrogens (tertiary/aromatic N) is 1. The van der Waals surface area contributed by atoms with Crippen molar-refractivity contribution in [3.63, 3.8) is 0 Å². The summed E-state index contributed by atoms with van der Waals surface area (Å²) in [5.74, 6) is -0.0552. The van der Waals surface area contributed by atoms with E-state index < -0.39 is 5.41 Å². The van der Waals surface area contributed by atoms with Gasteiger partial charge in [-0.25, -0.2) is 4.39 Å². The van der Waals surface area contributed by atoms with E-state index in [4.69, 9.17) is 0 Å². The summed E-state index contributed by atoms with van der Waals surface area (Å²) in [6.07, 6.45) is 7.53. The Labute approximate surface area is 165 Å². The number of benzene rings is 1. The van der Waals surface area contributed by atoms with E-state index in [1.807, 2.05) is 17.9 Å². The molecule has 0 aromatic heterocycles.